The van der Waals surface area contributed by atoms with Crippen LogP contribution in [0.2, 0.25) is 0 Å². The highest BCUT2D eigenvalue weighted by Crippen LogP contribution is 2.44. The molecule has 0 aromatic carbocycles. The van der Waals surface area contributed by atoms with Gasteiger partial charge >= 0.3 is 0 Å². The van der Waals surface area contributed by atoms with E-state index in [9.17, 15) is 4.79 Å². The van der Waals surface area contributed by atoms with Gasteiger partial charge in [-0.15, -0.1) is 22.7 Å². The van der Waals surface area contributed by atoms with Gasteiger partial charge in [0.15, 0.2) is 0 Å². The molecule has 2 fully saturated rings. The van der Waals surface area contributed by atoms with E-state index in [-0.39, 0.29) is 5.91 Å². The minimum absolute atomic E-state index is 0.0869. The second-order valence-corrected chi connectivity index (χ2v) is 10.7. The van der Waals surface area contributed by atoms with Crippen molar-refractivity contribution in [3.8, 4) is 10.6 Å². The lowest BCUT2D eigenvalue weighted by molar-refractivity contribution is -0.116. The third kappa shape index (κ3) is 3.78. The molecule has 2 unspecified atom stereocenters. The molecule has 31 heavy (non-hydrogen) atoms. The number of thiophene rings is 1. The Morgan fingerprint density at radius 2 is 2.16 bits per heavy atom. The number of hydrogen-bond acceptors (Lipinski definition) is 8. The zero-order valence-corrected chi connectivity index (χ0v) is 18.9. The summed E-state index contributed by atoms with van der Waals surface area (Å²) in [5.41, 5.74) is 3.36. The Bertz CT molecular complexity index is 1080. The van der Waals surface area contributed by atoms with Crippen molar-refractivity contribution in [2.75, 3.05) is 44.7 Å². The van der Waals surface area contributed by atoms with E-state index in [1.807, 2.05) is 12.3 Å². The lowest BCUT2D eigenvalue weighted by Crippen LogP contribution is -2.27. The molecule has 6 rings (SSSR count). The summed E-state index contributed by atoms with van der Waals surface area (Å²) in [7, 11) is 0. The van der Waals surface area contributed by atoms with Crippen LogP contribution in [-0.2, 0) is 22.5 Å². The van der Waals surface area contributed by atoms with Crippen LogP contribution in [0.25, 0.3) is 20.8 Å². The first-order valence-corrected chi connectivity index (χ1v) is 12.5. The molecular weight excluding hydrogens is 430 g/mol. The molecule has 3 aromatic heterocycles. The minimum atomic E-state index is 0.0869. The van der Waals surface area contributed by atoms with E-state index < -0.39 is 0 Å². The molecule has 6 heterocycles. The van der Waals surface area contributed by atoms with Crippen LogP contribution in [0, 0.1) is 11.8 Å². The molecule has 0 radical (unpaired) electrons. The number of amides is 1. The zero-order valence-electron chi connectivity index (χ0n) is 17.2. The minimum Gasteiger partial charge on any atom is -0.381 e. The molecule has 3 aliphatic rings. The molecule has 3 aliphatic heterocycles. The summed E-state index contributed by atoms with van der Waals surface area (Å²) in [6.07, 6.45) is 5.09. The van der Waals surface area contributed by atoms with Crippen LogP contribution in [0.5, 0.6) is 0 Å². The largest absolute Gasteiger partial charge is 0.381 e. The van der Waals surface area contributed by atoms with Crippen molar-refractivity contribution in [2.24, 2.45) is 11.8 Å². The highest BCUT2D eigenvalue weighted by atomic mass is 32.1. The zero-order chi connectivity index (χ0) is 20.8. The number of carbonyl (C=O) groups excluding carboxylic acids is 1. The van der Waals surface area contributed by atoms with Gasteiger partial charge in [0.2, 0.25) is 5.91 Å². The van der Waals surface area contributed by atoms with E-state index in [1.165, 1.54) is 10.4 Å². The van der Waals surface area contributed by atoms with Crippen LogP contribution in [0.15, 0.2) is 18.5 Å². The number of nitrogens with one attached hydrogen (secondary N) is 2. The Kier molecular flexibility index (Phi) is 5.23. The molecule has 0 bridgehead atoms. The fourth-order valence-electron chi connectivity index (χ4n) is 4.95. The smallest absolute Gasteiger partial charge is 0.226 e. The summed E-state index contributed by atoms with van der Waals surface area (Å²) in [5.74, 6) is 1.39. The topological polar surface area (TPSA) is 79.4 Å². The van der Waals surface area contributed by atoms with Crippen LogP contribution in [0.1, 0.15) is 16.9 Å². The Balaban J connectivity index is 1.21. The average molecular weight is 456 g/mol. The second-order valence-electron chi connectivity index (χ2n) is 8.61. The Labute approximate surface area is 188 Å². The first kappa shape index (κ1) is 19.8. The number of likely N-dealkylation sites (tertiary alicyclic amines) is 1. The number of ether oxygens (including phenoxy) is 1. The van der Waals surface area contributed by atoms with Gasteiger partial charge in [0, 0.05) is 61.1 Å². The van der Waals surface area contributed by atoms with Crippen molar-refractivity contribution >= 4 is 43.8 Å². The SMILES string of the molecule is O=C(CCN1CC2COCC2C1)Nc1sc2c(c1-c1nc3cnccc3s1)CCNC2. The molecule has 2 saturated heterocycles. The second kappa shape index (κ2) is 8.22. The van der Waals surface area contributed by atoms with E-state index in [4.69, 9.17) is 9.72 Å². The van der Waals surface area contributed by atoms with Gasteiger partial charge in [0.25, 0.3) is 0 Å². The Hall–Kier alpha value is -1.91. The van der Waals surface area contributed by atoms with Crippen LogP contribution in [-0.4, -0.2) is 60.2 Å². The summed E-state index contributed by atoms with van der Waals surface area (Å²) in [6.45, 7) is 6.50. The van der Waals surface area contributed by atoms with Gasteiger partial charge in [0.05, 0.1) is 24.1 Å². The molecule has 7 nitrogen and oxygen atoms in total. The monoisotopic (exact) mass is 455 g/mol. The maximum absolute atomic E-state index is 12.9. The van der Waals surface area contributed by atoms with Crippen molar-refractivity contribution < 1.29 is 9.53 Å². The van der Waals surface area contributed by atoms with Gasteiger partial charge in [0.1, 0.15) is 15.5 Å². The number of fused-ring (bicyclic) bond motifs is 3. The van der Waals surface area contributed by atoms with Crippen LogP contribution in [0.4, 0.5) is 5.00 Å². The van der Waals surface area contributed by atoms with Crippen LogP contribution >= 0.6 is 22.7 Å². The van der Waals surface area contributed by atoms with E-state index in [1.54, 1.807) is 28.9 Å². The summed E-state index contributed by atoms with van der Waals surface area (Å²) in [6, 6.07) is 2.01. The molecule has 1 amide bonds. The quantitative estimate of drug-likeness (QED) is 0.616. The van der Waals surface area contributed by atoms with Crippen molar-refractivity contribution in [1.82, 2.24) is 20.2 Å². The molecular formula is C22H25N5O2S2. The van der Waals surface area contributed by atoms with E-state index in [0.717, 1.165) is 78.1 Å². The van der Waals surface area contributed by atoms with Gasteiger partial charge < -0.3 is 20.3 Å². The Morgan fingerprint density at radius 3 is 3.00 bits per heavy atom. The number of nitrogens with zero attached hydrogens (tertiary/aromatic N) is 3. The third-order valence-electron chi connectivity index (χ3n) is 6.56. The van der Waals surface area contributed by atoms with Crippen molar-refractivity contribution in [3.63, 3.8) is 0 Å². The molecule has 0 aliphatic carbocycles. The average Bonchev–Trinajstić information content (AvgIpc) is 3.52. The number of anilines is 1. The lowest BCUT2D eigenvalue weighted by Gasteiger charge is -2.16. The molecule has 2 atom stereocenters. The molecule has 0 saturated carbocycles. The number of pyridine rings is 1. The van der Waals surface area contributed by atoms with E-state index >= 15 is 0 Å². The van der Waals surface area contributed by atoms with Gasteiger partial charge in [-0.3, -0.25) is 9.78 Å². The predicted molar refractivity (Wildman–Crippen MR) is 124 cm³/mol. The van der Waals surface area contributed by atoms with Crippen molar-refractivity contribution in [2.45, 2.75) is 19.4 Å². The highest BCUT2D eigenvalue weighted by molar-refractivity contribution is 7.22. The van der Waals surface area contributed by atoms with Crippen molar-refractivity contribution in [1.29, 1.82) is 0 Å². The molecule has 0 spiro atoms. The number of carbonyl (C=O) groups is 1. The Morgan fingerprint density at radius 1 is 1.29 bits per heavy atom. The van der Waals surface area contributed by atoms with Crippen LogP contribution in [0.3, 0.4) is 0 Å². The number of rotatable bonds is 5. The van der Waals surface area contributed by atoms with Crippen molar-refractivity contribution in [3.05, 3.63) is 28.9 Å². The van der Waals surface area contributed by atoms with Gasteiger partial charge in [-0.2, -0.15) is 0 Å². The fourth-order valence-corrected chi connectivity index (χ4v) is 7.26. The standard InChI is InChI=1S/C22H25N5O2S2/c28-19(3-6-27-9-13-11-29-12-14(13)10-27)26-22-20(15-1-4-24-8-18(15)31-22)21-25-16-7-23-5-2-17(16)30-21/h2,5,7,13-14,24H,1,3-4,6,8-12H2,(H,26,28). The summed E-state index contributed by atoms with van der Waals surface area (Å²) >= 11 is 3.37. The normalized spacial score (nSPS) is 23.2. The third-order valence-corrected chi connectivity index (χ3v) is 8.76. The predicted octanol–water partition coefficient (Wildman–Crippen LogP) is 2.97. The summed E-state index contributed by atoms with van der Waals surface area (Å²) in [5, 5.41) is 8.60. The lowest BCUT2D eigenvalue weighted by atomic mass is 10.0. The first-order valence-electron chi connectivity index (χ1n) is 10.9. The van der Waals surface area contributed by atoms with E-state index in [2.05, 4.69) is 20.5 Å². The number of aromatic nitrogens is 2. The first-order chi connectivity index (χ1) is 15.2. The molecule has 2 N–H and O–H groups in total. The number of thiazole rings is 1. The molecule has 162 valence electrons. The fraction of sp³-hybridized carbons (Fsp3) is 0.500. The maximum Gasteiger partial charge on any atom is 0.226 e. The van der Waals surface area contributed by atoms with E-state index in [0.29, 0.717) is 18.3 Å². The summed E-state index contributed by atoms with van der Waals surface area (Å²) in [4.78, 5) is 25.7. The van der Waals surface area contributed by atoms with Gasteiger partial charge in [-0.05, 0) is 24.6 Å². The highest BCUT2D eigenvalue weighted by Gasteiger charge is 2.37. The molecule has 3 aromatic rings. The number of hydrogen-bond donors (Lipinski definition) is 2. The van der Waals surface area contributed by atoms with Crippen LogP contribution < -0.4 is 10.6 Å². The molecule has 9 heteroatoms. The van der Waals surface area contributed by atoms with Gasteiger partial charge in [-0.25, -0.2) is 4.98 Å². The van der Waals surface area contributed by atoms with Gasteiger partial charge in [-0.1, -0.05) is 0 Å². The maximum atomic E-state index is 12.9. The summed E-state index contributed by atoms with van der Waals surface area (Å²) < 4.78 is 6.69.